The van der Waals surface area contributed by atoms with Crippen molar-refractivity contribution in [1.29, 1.82) is 5.26 Å². The second-order valence-corrected chi connectivity index (χ2v) is 7.86. The molecule has 0 saturated heterocycles. The number of nitrogens with zero attached hydrogens (tertiary/aromatic N) is 4. The van der Waals surface area contributed by atoms with Crippen LogP contribution in [-0.2, 0) is 0 Å². The molecule has 0 bridgehead atoms. The number of rotatable bonds is 5. The third-order valence-corrected chi connectivity index (χ3v) is 5.59. The standard InChI is InChI=1S/C23H18ClF2N7O/c1-2-17(30-21-15(10-27)20(28)31-23(29)32-21)18-6-11-4-3-5-16(24)19(11)22(34)33(18)14-8-12(25)7-13(26)9-14/h3-9,17H,2H2,1H3,(H5,28,29,30,31,32)/t17-/m0/s1. The summed E-state index contributed by atoms with van der Waals surface area (Å²) in [6, 6.07) is 10.7. The fourth-order valence-corrected chi connectivity index (χ4v) is 4.05. The van der Waals surface area contributed by atoms with Gasteiger partial charge in [0.05, 0.1) is 22.1 Å². The number of anilines is 3. The van der Waals surface area contributed by atoms with E-state index in [4.69, 9.17) is 23.1 Å². The van der Waals surface area contributed by atoms with Gasteiger partial charge in [-0.05, 0) is 36.1 Å². The molecule has 0 radical (unpaired) electrons. The number of hydrogen-bond donors (Lipinski definition) is 3. The van der Waals surface area contributed by atoms with Gasteiger partial charge in [-0.1, -0.05) is 30.7 Å². The fraction of sp³-hybridized carbons (Fsp3) is 0.130. The van der Waals surface area contributed by atoms with Crippen molar-refractivity contribution in [2.75, 3.05) is 16.8 Å². The van der Waals surface area contributed by atoms with Gasteiger partial charge in [-0.2, -0.15) is 15.2 Å². The van der Waals surface area contributed by atoms with E-state index in [9.17, 15) is 18.8 Å². The molecule has 0 aliphatic carbocycles. The third-order valence-electron chi connectivity index (χ3n) is 5.27. The zero-order chi connectivity index (χ0) is 24.6. The lowest BCUT2D eigenvalue weighted by Gasteiger charge is -2.24. The van der Waals surface area contributed by atoms with E-state index in [-0.39, 0.29) is 39.2 Å². The van der Waals surface area contributed by atoms with Crippen LogP contribution in [0.5, 0.6) is 0 Å². The molecule has 4 aromatic rings. The average molecular weight is 482 g/mol. The van der Waals surface area contributed by atoms with Gasteiger partial charge >= 0.3 is 0 Å². The highest BCUT2D eigenvalue weighted by molar-refractivity contribution is 6.35. The summed E-state index contributed by atoms with van der Waals surface area (Å²) in [6.07, 6.45) is 0.387. The van der Waals surface area contributed by atoms with E-state index in [0.717, 1.165) is 12.1 Å². The number of nitrogens with one attached hydrogen (secondary N) is 1. The number of nitriles is 1. The van der Waals surface area contributed by atoms with Crippen molar-refractivity contribution >= 4 is 40.0 Å². The van der Waals surface area contributed by atoms with Gasteiger partial charge in [-0.25, -0.2) is 8.78 Å². The van der Waals surface area contributed by atoms with Crippen LogP contribution in [0.25, 0.3) is 16.5 Å². The molecule has 11 heteroatoms. The molecule has 0 saturated carbocycles. The molecule has 2 aromatic carbocycles. The average Bonchev–Trinajstić information content (AvgIpc) is 2.76. The summed E-state index contributed by atoms with van der Waals surface area (Å²) in [4.78, 5) is 21.4. The first-order valence-electron chi connectivity index (χ1n) is 10.1. The minimum absolute atomic E-state index is 0.0258. The number of hydrogen-bond acceptors (Lipinski definition) is 7. The second-order valence-electron chi connectivity index (χ2n) is 7.45. The predicted molar refractivity (Wildman–Crippen MR) is 127 cm³/mol. The smallest absolute Gasteiger partial charge is 0.264 e. The molecule has 0 fully saturated rings. The highest BCUT2D eigenvalue weighted by Gasteiger charge is 2.22. The Bertz CT molecular complexity index is 1510. The van der Waals surface area contributed by atoms with Crippen molar-refractivity contribution in [1.82, 2.24) is 14.5 Å². The van der Waals surface area contributed by atoms with Crippen molar-refractivity contribution in [2.24, 2.45) is 0 Å². The summed E-state index contributed by atoms with van der Waals surface area (Å²) in [6.45, 7) is 1.82. The molecule has 0 aliphatic heterocycles. The quantitative estimate of drug-likeness (QED) is 0.386. The predicted octanol–water partition coefficient (Wildman–Crippen LogP) is 4.31. The maximum Gasteiger partial charge on any atom is 0.264 e. The summed E-state index contributed by atoms with van der Waals surface area (Å²) < 4.78 is 29.4. The zero-order valence-corrected chi connectivity index (χ0v) is 18.6. The largest absolute Gasteiger partial charge is 0.382 e. The van der Waals surface area contributed by atoms with Crippen LogP contribution in [0.1, 0.15) is 30.6 Å². The fourth-order valence-electron chi connectivity index (χ4n) is 3.79. The van der Waals surface area contributed by atoms with Gasteiger partial charge in [-0.15, -0.1) is 0 Å². The van der Waals surface area contributed by atoms with Gasteiger partial charge in [0.25, 0.3) is 5.56 Å². The lowest BCUT2D eigenvalue weighted by Crippen LogP contribution is -2.27. The molecular weight excluding hydrogens is 464 g/mol. The first kappa shape index (κ1) is 22.9. The van der Waals surface area contributed by atoms with E-state index in [2.05, 4.69) is 15.3 Å². The van der Waals surface area contributed by atoms with Gasteiger partial charge in [0.15, 0.2) is 5.82 Å². The first-order chi connectivity index (χ1) is 16.2. The van der Waals surface area contributed by atoms with Crippen LogP contribution in [-0.4, -0.2) is 14.5 Å². The van der Waals surface area contributed by atoms with Crippen LogP contribution in [0.2, 0.25) is 5.02 Å². The molecule has 4 rings (SSSR count). The number of fused-ring (bicyclic) bond motifs is 1. The van der Waals surface area contributed by atoms with Gasteiger partial charge in [-0.3, -0.25) is 9.36 Å². The van der Waals surface area contributed by atoms with E-state index >= 15 is 0 Å². The first-order valence-corrected chi connectivity index (χ1v) is 10.5. The summed E-state index contributed by atoms with van der Waals surface area (Å²) in [5.74, 6) is -1.90. The topological polar surface area (TPSA) is 136 Å². The van der Waals surface area contributed by atoms with Gasteiger partial charge in [0.2, 0.25) is 5.95 Å². The molecule has 5 N–H and O–H groups in total. The highest BCUT2D eigenvalue weighted by atomic mass is 35.5. The summed E-state index contributed by atoms with van der Waals surface area (Å²) >= 11 is 6.30. The van der Waals surface area contributed by atoms with Gasteiger partial charge in [0.1, 0.15) is 29.1 Å². The number of nitrogen functional groups attached to an aromatic ring is 2. The maximum atomic E-state index is 14.1. The molecule has 0 unspecified atom stereocenters. The van der Waals surface area contributed by atoms with Crippen LogP contribution >= 0.6 is 11.6 Å². The number of pyridine rings is 1. The molecule has 34 heavy (non-hydrogen) atoms. The van der Waals surface area contributed by atoms with Crippen LogP contribution in [0.15, 0.2) is 47.3 Å². The maximum absolute atomic E-state index is 14.1. The van der Waals surface area contributed by atoms with Crippen LogP contribution in [0.4, 0.5) is 26.4 Å². The van der Waals surface area contributed by atoms with Gasteiger partial charge in [0, 0.05) is 11.8 Å². The van der Waals surface area contributed by atoms with Crippen molar-refractivity contribution in [3.8, 4) is 11.8 Å². The monoisotopic (exact) mass is 481 g/mol. The molecule has 0 aliphatic rings. The minimum atomic E-state index is -0.851. The van der Waals surface area contributed by atoms with Crippen molar-refractivity contribution in [3.63, 3.8) is 0 Å². The third kappa shape index (κ3) is 4.09. The van der Waals surface area contributed by atoms with Crippen LogP contribution < -0.4 is 22.3 Å². The summed E-state index contributed by atoms with van der Waals surface area (Å²) in [5, 5.41) is 13.5. The Kier molecular flexibility index (Phi) is 6.04. The summed E-state index contributed by atoms with van der Waals surface area (Å²) in [5.41, 5.74) is 11.3. The van der Waals surface area contributed by atoms with Crippen molar-refractivity contribution < 1.29 is 8.78 Å². The Labute approximate surface area is 197 Å². The minimum Gasteiger partial charge on any atom is -0.382 e. The lowest BCUT2D eigenvalue weighted by atomic mass is 10.0. The Hall–Kier alpha value is -4.23. The van der Waals surface area contributed by atoms with Crippen molar-refractivity contribution in [2.45, 2.75) is 19.4 Å². The van der Waals surface area contributed by atoms with E-state index in [0.29, 0.717) is 23.6 Å². The molecule has 0 spiro atoms. The Morgan fingerprint density at radius 2 is 1.88 bits per heavy atom. The Balaban J connectivity index is 2.01. The Morgan fingerprint density at radius 3 is 2.53 bits per heavy atom. The van der Waals surface area contributed by atoms with Crippen LogP contribution in [0, 0.1) is 23.0 Å². The van der Waals surface area contributed by atoms with E-state index in [1.165, 1.54) is 4.57 Å². The normalized spacial score (nSPS) is 11.9. The zero-order valence-electron chi connectivity index (χ0n) is 17.8. The van der Waals surface area contributed by atoms with Crippen molar-refractivity contribution in [3.05, 3.63) is 80.7 Å². The molecule has 8 nitrogen and oxygen atoms in total. The molecule has 172 valence electrons. The Morgan fingerprint density at radius 1 is 1.18 bits per heavy atom. The highest BCUT2D eigenvalue weighted by Crippen LogP contribution is 2.30. The SMILES string of the molecule is CC[C@H](Nc1nc(N)nc(N)c1C#N)c1cc2cccc(Cl)c2c(=O)n1-c1cc(F)cc(F)c1. The molecule has 1 atom stereocenters. The number of nitrogens with two attached hydrogens (primary N) is 2. The molecular formula is C23H18ClF2N7O. The summed E-state index contributed by atoms with van der Waals surface area (Å²) in [7, 11) is 0. The number of halogens is 3. The van der Waals surface area contributed by atoms with E-state index in [1.54, 1.807) is 24.3 Å². The van der Waals surface area contributed by atoms with E-state index < -0.39 is 23.2 Å². The molecule has 2 heterocycles. The van der Waals surface area contributed by atoms with Crippen LogP contribution in [0.3, 0.4) is 0 Å². The van der Waals surface area contributed by atoms with E-state index in [1.807, 2.05) is 13.0 Å². The molecule has 0 amide bonds. The lowest BCUT2D eigenvalue weighted by molar-refractivity contribution is 0.579. The van der Waals surface area contributed by atoms with Gasteiger partial charge < -0.3 is 16.8 Å². The number of aromatic nitrogens is 3. The second kappa shape index (κ2) is 8.96. The molecule has 2 aromatic heterocycles. The number of benzene rings is 2.